The number of fused-ring (bicyclic) bond motifs is 1. The van der Waals surface area contributed by atoms with Gasteiger partial charge in [-0.25, -0.2) is 14.8 Å². The van der Waals surface area contributed by atoms with Crippen molar-refractivity contribution in [2.24, 2.45) is 0 Å². The minimum absolute atomic E-state index is 0.181. The molecule has 36 heavy (non-hydrogen) atoms. The summed E-state index contributed by atoms with van der Waals surface area (Å²) in [4.78, 5) is 36.0. The molecule has 0 unspecified atom stereocenters. The van der Waals surface area contributed by atoms with Gasteiger partial charge in [0, 0.05) is 38.4 Å². The Balaban J connectivity index is 1.73. The third kappa shape index (κ3) is 5.39. The van der Waals surface area contributed by atoms with Gasteiger partial charge in [0.15, 0.2) is 0 Å². The average Bonchev–Trinajstić information content (AvgIpc) is 3.08. The van der Waals surface area contributed by atoms with Crippen LogP contribution in [0.1, 0.15) is 46.3 Å². The van der Waals surface area contributed by atoms with E-state index in [1.54, 1.807) is 17.0 Å². The molecule has 0 aliphatic carbocycles. The predicted molar refractivity (Wildman–Crippen MR) is 131 cm³/mol. The minimum atomic E-state index is -0.817. The molecule has 2 amide bonds. The Kier molecular flexibility index (Phi) is 7.95. The van der Waals surface area contributed by atoms with Crippen LogP contribution >= 0.6 is 11.6 Å². The molecule has 0 atom stereocenters. The van der Waals surface area contributed by atoms with E-state index in [2.05, 4.69) is 10.3 Å². The van der Waals surface area contributed by atoms with Gasteiger partial charge >= 0.3 is 6.09 Å². The number of carbonyl (C=O) groups excluding carboxylic acids is 2. The maximum absolute atomic E-state index is 13.2. The summed E-state index contributed by atoms with van der Waals surface area (Å²) in [6, 6.07) is 10.4. The number of halogens is 1. The molecule has 2 aromatic heterocycles. The fourth-order valence-corrected chi connectivity index (χ4v) is 4.15. The van der Waals surface area contributed by atoms with Crippen molar-refractivity contribution in [1.29, 1.82) is 5.26 Å². The van der Waals surface area contributed by atoms with Crippen LogP contribution in [0, 0.1) is 11.3 Å². The van der Waals surface area contributed by atoms with Gasteiger partial charge in [0.2, 0.25) is 6.29 Å². The molecular formula is C25H24ClN5O5. The van der Waals surface area contributed by atoms with Gasteiger partial charge < -0.3 is 24.4 Å². The SMILES string of the molecule is COC(OC)c1nc2c(C(=O)Nc3cc(Cl)c(C#N)cn3)cccc2cc1CN1CCCCOC1=O. The fourth-order valence-electron chi connectivity index (χ4n) is 3.95. The van der Waals surface area contributed by atoms with Gasteiger partial charge in [-0.2, -0.15) is 5.26 Å². The van der Waals surface area contributed by atoms with Crippen LogP contribution in [0.2, 0.25) is 5.02 Å². The second kappa shape index (κ2) is 11.3. The number of nitrogens with one attached hydrogen (secondary N) is 1. The van der Waals surface area contributed by atoms with Crippen molar-refractivity contribution in [3.8, 4) is 6.07 Å². The van der Waals surface area contributed by atoms with Crippen molar-refractivity contribution < 1.29 is 23.8 Å². The molecule has 0 saturated carbocycles. The smallest absolute Gasteiger partial charge is 0.410 e. The zero-order valence-corrected chi connectivity index (χ0v) is 20.5. The zero-order valence-electron chi connectivity index (χ0n) is 19.8. The van der Waals surface area contributed by atoms with Crippen molar-refractivity contribution in [2.45, 2.75) is 25.7 Å². The van der Waals surface area contributed by atoms with Gasteiger partial charge in [0.1, 0.15) is 17.6 Å². The van der Waals surface area contributed by atoms with E-state index in [0.29, 0.717) is 40.9 Å². The van der Waals surface area contributed by atoms with Crippen LogP contribution in [0.5, 0.6) is 0 Å². The summed E-state index contributed by atoms with van der Waals surface area (Å²) in [6.07, 6.45) is 1.73. The Morgan fingerprint density at radius 1 is 1.31 bits per heavy atom. The number of carbonyl (C=O) groups is 2. The summed E-state index contributed by atoms with van der Waals surface area (Å²) in [6.45, 7) is 1.21. The number of ether oxygens (including phenoxy) is 3. The highest BCUT2D eigenvalue weighted by Gasteiger charge is 2.25. The number of rotatable bonds is 7. The number of aromatic nitrogens is 2. The third-order valence-electron chi connectivity index (χ3n) is 5.74. The lowest BCUT2D eigenvalue weighted by atomic mass is 10.0. The van der Waals surface area contributed by atoms with Crippen LogP contribution in [0.3, 0.4) is 0 Å². The largest absolute Gasteiger partial charge is 0.449 e. The Morgan fingerprint density at radius 2 is 2.11 bits per heavy atom. The van der Waals surface area contributed by atoms with E-state index in [4.69, 9.17) is 36.1 Å². The van der Waals surface area contributed by atoms with E-state index in [0.717, 1.165) is 12.8 Å². The Labute approximate surface area is 212 Å². The molecule has 4 rings (SSSR count). The molecule has 3 aromatic rings. The first-order chi connectivity index (χ1) is 17.4. The predicted octanol–water partition coefficient (Wildman–Crippen LogP) is 4.43. The van der Waals surface area contributed by atoms with Crippen LogP contribution in [0.15, 0.2) is 36.5 Å². The van der Waals surface area contributed by atoms with E-state index < -0.39 is 12.2 Å². The molecule has 1 aliphatic rings. The molecule has 11 heteroatoms. The lowest BCUT2D eigenvalue weighted by Crippen LogP contribution is -2.31. The minimum Gasteiger partial charge on any atom is -0.449 e. The van der Waals surface area contributed by atoms with Crippen LogP contribution in [-0.2, 0) is 20.8 Å². The summed E-state index contributed by atoms with van der Waals surface area (Å²) in [5.74, 6) is -0.258. The van der Waals surface area contributed by atoms with E-state index >= 15 is 0 Å². The van der Waals surface area contributed by atoms with Gasteiger partial charge in [0.05, 0.1) is 34.8 Å². The summed E-state index contributed by atoms with van der Waals surface area (Å²) >= 11 is 6.07. The van der Waals surface area contributed by atoms with Crippen LogP contribution in [0.4, 0.5) is 10.6 Å². The van der Waals surface area contributed by atoms with E-state index in [1.165, 1.54) is 26.5 Å². The van der Waals surface area contributed by atoms with Crippen LogP contribution in [-0.4, -0.2) is 54.2 Å². The molecule has 1 aliphatic heterocycles. The zero-order chi connectivity index (χ0) is 25.7. The second-order valence-electron chi connectivity index (χ2n) is 8.07. The molecule has 0 radical (unpaired) electrons. The second-order valence-corrected chi connectivity index (χ2v) is 8.48. The number of hydrogen-bond acceptors (Lipinski definition) is 8. The first kappa shape index (κ1) is 25.3. The Morgan fingerprint density at radius 3 is 2.83 bits per heavy atom. The summed E-state index contributed by atoms with van der Waals surface area (Å²) in [5.41, 5.74) is 2.09. The van der Waals surface area contributed by atoms with Crippen molar-refractivity contribution in [3.05, 3.63) is 63.9 Å². The molecule has 0 bridgehead atoms. The number of benzene rings is 1. The number of cyclic esters (lactones) is 1. The standard InChI is InChI=1S/C25H24ClN5O5/c1-34-24(35-2)22-16(14-31-8-3-4-9-36-25(31)33)10-15-6-5-7-18(21(15)30-22)23(32)29-20-11-19(26)17(12-27)13-28-20/h5-7,10-11,13,24H,3-4,8-9,14H2,1-2H3,(H,28,29,32). The number of pyridine rings is 2. The highest BCUT2D eigenvalue weighted by molar-refractivity contribution is 6.32. The first-order valence-corrected chi connectivity index (χ1v) is 11.6. The van der Waals surface area contributed by atoms with Gasteiger partial charge in [-0.05, 0) is 30.5 Å². The third-order valence-corrected chi connectivity index (χ3v) is 6.05. The van der Waals surface area contributed by atoms with Gasteiger partial charge in [-0.15, -0.1) is 0 Å². The fraction of sp³-hybridized carbons (Fsp3) is 0.320. The highest BCUT2D eigenvalue weighted by atomic mass is 35.5. The normalized spacial score (nSPS) is 13.9. The van der Waals surface area contributed by atoms with Gasteiger partial charge in [-0.1, -0.05) is 23.7 Å². The molecular weight excluding hydrogens is 486 g/mol. The summed E-state index contributed by atoms with van der Waals surface area (Å²) in [5, 5.41) is 12.6. The Bertz CT molecular complexity index is 1340. The topological polar surface area (TPSA) is 127 Å². The molecule has 0 spiro atoms. The molecule has 1 fully saturated rings. The maximum atomic E-state index is 13.2. The quantitative estimate of drug-likeness (QED) is 0.463. The number of nitriles is 1. The molecule has 1 N–H and O–H groups in total. The summed E-state index contributed by atoms with van der Waals surface area (Å²) in [7, 11) is 2.98. The van der Waals surface area contributed by atoms with Crippen molar-refractivity contribution in [2.75, 3.05) is 32.7 Å². The average molecular weight is 510 g/mol. The van der Waals surface area contributed by atoms with E-state index in [1.807, 2.05) is 18.2 Å². The number of nitrogens with zero attached hydrogens (tertiary/aromatic N) is 4. The summed E-state index contributed by atoms with van der Waals surface area (Å²) < 4.78 is 16.2. The van der Waals surface area contributed by atoms with Gasteiger partial charge in [0.25, 0.3) is 5.91 Å². The molecule has 3 heterocycles. The van der Waals surface area contributed by atoms with Crippen LogP contribution in [0.25, 0.3) is 10.9 Å². The molecule has 186 valence electrons. The Hall–Kier alpha value is -3.78. The van der Waals surface area contributed by atoms with Crippen molar-refractivity contribution >= 4 is 40.3 Å². The lowest BCUT2D eigenvalue weighted by Gasteiger charge is -2.23. The maximum Gasteiger partial charge on any atom is 0.410 e. The van der Waals surface area contributed by atoms with E-state index in [-0.39, 0.29) is 29.0 Å². The van der Waals surface area contributed by atoms with E-state index in [9.17, 15) is 9.59 Å². The number of para-hydroxylation sites is 1. The first-order valence-electron chi connectivity index (χ1n) is 11.2. The van der Waals surface area contributed by atoms with Crippen LogP contribution < -0.4 is 5.32 Å². The number of methoxy groups -OCH3 is 2. The number of amides is 2. The van der Waals surface area contributed by atoms with Crippen molar-refractivity contribution in [1.82, 2.24) is 14.9 Å². The molecule has 1 aromatic carbocycles. The van der Waals surface area contributed by atoms with Crippen molar-refractivity contribution in [3.63, 3.8) is 0 Å². The molecule has 10 nitrogen and oxygen atoms in total. The monoisotopic (exact) mass is 509 g/mol. The highest BCUT2D eigenvalue weighted by Crippen LogP contribution is 2.28. The van der Waals surface area contributed by atoms with Gasteiger partial charge in [-0.3, -0.25) is 4.79 Å². The lowest BCUT2D eigenvalue weighted by molar-refractivity contribution is -0.109. The number of anilines is 1. The number of hydrogen-bond donors (Lipinski definition) is 1. The molecule has 1 saturated heterocycles.